The number of hydrogen-bond acceptors (Lipinski definition) is 2. The first kappa shape index (κ1) is 15.6. The van der Waals surface area contributed by atoms with Gasteiger partial charge in [-0.1, -0.05) is 51.1 Å². The smallest absolute Gasteiger partial charge is 0.221 e. The first-order chi connectivity index (χ1) is 13.5. The summed E-state index contributed by atoms with van der Waals surface area (Å²) in [6.45, 7) is 6.75. The summed E-state index contributed by atoms with van der Waals surface area (Å²) < 4.78 is 4.47. The van der Waals surface area contributed by atoms with Gasteiger partial charge in [0, 0.05) is 5.39 Å². The Morgan fingerprint density at radius 2 is 1.32 bits per heavy atom. The topological polar surface area (TPSA) is 34.6 Å². The minimum absolute atomic E-state index is 0.0726. The summed E-state index contributed by atoms with van der Waals surface area (Å²) in [6.07, 6.45) is 0. The van der Waals surface area contributed by atoms with E-state index in [9.17, 15) is 0 Å². The molecule has 0 fully saturated rings. The molecule has 28 heavy (non-hydrogen) atoms. The zero-order valence-electron chi connectivity index (χ0n) is 16.1. The molecule has 0 bridgehead atoms. The van der Waals surface area contributed by atoms with Crippen LogP contribution in [0.5, 0.6) is 0 Å². The van der Waals surface area contributed by atoms with Crippen LogP contribution in [0.2, 0.25) is 0 Å². The van der Waals surface area contributed by atoms with E-state index >= 15 is 0 Å². The summed E-state index contributed by atoms with van der Waals surface area (Å²) in [5, 5.41) is 1.14. The Labute approximate surface area is 162 Å². The van der Waals surface area contributed by atoms with Crippen molar-refractivity contribution in [2.75, 3.05) is 0 Å². The molecule has 0 spiro atoms. The van der Waals surface area contributed by atoms with Crippen LogP contribution in [0.4, 0.5) is 0 Å². The summed E-state index contributed by atoms with van der Waals surface area (Å²) in [4.78, 5) is 9.96. The molecule has 0 aliphatic heterocycles. The second-order valence-corrected chi connectivity index (χ2v) is 8.48. The Hall–Kier alpha value is -3.40. The zero-order chi connectivity index (χ0) is 19.0. The van der Waals surface area contributed by atoms with Gasteiger partial charge in [-0.2, -0.15) is 0 Å². The van der Waals surface area contributed by atoms with E-state index < -0.39 is 0 Å². The average Bonchev–Trinajstić information content (AvgIpc) is 3.25. The number of nitrogens with zero attached hydrogens (tertiary/aromatic N) is 4. The number of imidazole rings is 2. The van der Waals surface area contributed by atoms with Crippen molar-refractivity contribution in [2.24, 2.45) is 0 Å². The molecule has 0 aliphatic rings. The maximum Gasteiger partial charge on any atom is 0.221 e. The van der Waals surface area contributed by atoms with Crippen LogP contribution in [0.25, 0.3) is 44.4 Å². The first-order valence-corrected chi connectivity index (χ1v) is 9.63. The Morgan fingerprint density at radius 1 is 0.679 bits per heavy atom. The van der Waals surface area contributed by atoms with Gasteiger partial charge in [0.25, 0.3) is 0 Å². The summed E-state index contributed by atoms with van der Waals surface area (Å²) in [5.41, 5.74) is 7.67. The van der Waals surface area contributed by atoms with E-state index in [-0.39, 0.29) is 5.41 Å². The molecule has 0 saturated carbocycles. The van der Waals surface area contributed by atoms with Crippen molar-refractivity contribution in [1.82, 2.24) is 18.8 Å². The van der Waals surface area contributed by atoms with Crippen LogP contribution < -0.4 is 0 Å². The highest BCUT2D eigenvalue weighted by atomic mass is 15.2. The van der Waals surface area contributed by atoms with Gasteiger partial charge in [-0.15, -0.1) is 0 Å². The van der Waals surface area contributed by atoms with Gasteiger partial charge >= 0.3 is 0 Å². The van der Waals surface area contributed by atoms with Crippen LogP contribution in [0.3, 0.4) is 0 Å². The first-order valence-electron chi connectivity index (χ1n) is 9.63. The molecule has 6 rings (SSSR count). The number of aromatic nitrogens is 4. The number of rotatable bonds is 0. The molecule has 3 heterocycles. The lowest BCUT2D eigenvalue weighted by molar-refractivity contribution is 0.591. The second-order valence-electron chi connectivity index (χ2n) is 8.48. The average molecular weight is 364 g/mol. The van der Waals surface area contributed by atoms with Crippen LogP contribution in [-0.4, -0.2) is 18.8 Å². The van der Waals surface area contributed by atoms with E-state index in [0.717, 1.165) is 44.4 Å². The molecule has 0 unspecified atom stereocenters. The summed E-state index contributed by atoms with van der Waals surface area (Å²) >= 11 is 0. The lowest BCUT2D eigenvalue weighted by atomic mass is 9.86. The van der Waals surface area contributed by atoms with Gasteiger partial charge in [0.1, 0.15) is 5.65 Å². The van der Waals surface area contributed by atoms with Gasteiger partial charge in [0.2, 0.25) is 5.78 Å². The van der Waals surface area contributed by atoms with Crippen molar-refractivity contribution in [1.29, 1.82) is 0 Å². The Balaban J connectivity index is 1.97. The van der Waals surface area contributed by atoms with Gasteiger partial charge in [-0.3, -0.25) is 8.80 Å². The third-order valence-corrected chi connectivity index (χ3v) is 5.65. The Kier molecular flexibility index (Phi) is 2.85. The van der Waals surface area contributed by atoms with Crippen LogP contribution in [0, 0.1) is 0 Å². The van der Waals surface area contributed by atoms with Crippen molar-refractivity contribution in [3.63, 3.8) is 0 Å². The fraction of sp³-hybridized carbons (Fsp3) is 0.167. The highest BCUT2D eigenvalue weighted by molar-refractivity contribution is 6.01. The number of para-hydroxylation sites is 4. The third kappa shape index (κ3) is 1.95. The van der Waals surface area contributed by atoms with Gasteiger partial charge in [0.05, 0.1) is 27.6 Å². The van der Waals surface area contributed by atoms with Crippen LogP contribution >= 0.6 is 0 Å². The van der Waals surface area contributed by atoms with E-state index in [0.29, 0.717) is 0 Å². The van der Waals surface area contributed by atoms with E-state index in [1.54, 1.807) is 0 Å². The Morgan fingerprint density at radius 3 is 2.04 bits per heavy atom. The van der Waals surface area contributed by atoms with Crippen molar-refractivity contribution >= 4 is 44.4 Å². The number of fused-ring (bicyclic) bond motifs is 10. The van der Waals surface area contributed by atoms with Crippen LogP contribution in [0.1, 0.15) is 26.3 Å². The fourth-order valence-corrected chi connectivity index (χ4v) is 4.18. The van der Waals surface area contributed by atoms with Gasteiger partial charge in [-0.05, 0) is 47.4 Å². The predicted molar refractivity (Wildman–Crippen MR) is 115 cm³/mol. The molecule has 0 atom stereocenters. The normalized spacial score (nSPS) is 12.8. The summed E-state index contributed by atoms with van der Waals surface area (Å²) in [6, 6.07) is 23.4. The maximum absolute atomic E-state index is 4.99. The van der Waals surface area contributed by atoms with Crippen molar-refractivity contribution in [3.05, 3.63) is 72.3 Å². The standard InChI is InChI=1S/C24H20N4/c1-24(2,3)15-12-13-16-21(14-15)27-19-10-6-5-9-18(19)26-23(27)28-20-11-7-4-8-17(20)25-22(16)28/h4-14H,1-3H3. The van der Waals surface area contributed by atoms with Crippen LogP contribution in [-0.2, 0) is 5.41 Å². The van der Waals surface area contributed by atoms with E-state index in [2.05, 4.69) is 84.2 Å². The van der Waals surface area contributed by atoms with Crippen molar-refractivity contribution in [2.45, 2.75) is 26.2 Å². The van der Waals surface area contributed by atoms with Crippen molar-refractivity contribution < 1.29 is 0 Å². The van der Waals surface area contributed by atoms with Crippen molar-refractivity contribution in [3.8, 4) is 0 Å². The van der Waals surface area contributed by atoms with E-state index in [4.69, 9.17) is 9.97 Å². The second kappa shape index (κ2) is 5.10. The molecule has 3 aromatic carbocycles. The molecule has 4 heteroatoms. The fourth-order valence-electron chi connectivity index (χ4n) is 4.18. The highest BCUT2D eigenvalue weighted by Gasteiger charge is 2.20. The largest absolute Gasteiger partial charge is 0.277 e. The quantitative estimate of drug-likeness (QED) is 0.344. The minimum atomic E-state index is 0.0726. The summed E-state index contributed by atoms with van der Waals surface area (Å²) in [7, 11) is 0. The molecular formula is C24H20N4. The molecule has 136 valence electrons. The molecule has 4 nitrogen and oxygen atoms in total. The van der Waals surface area contributed by atoms with Crippen LogP contribution in [0.15, 0.2) is 66.7 Å². The molecule has 0 N–H and O–H groups in total. The lowest BCUT2D eigenvalue weighted by Crippen LogP contribution is -2.11. The lowest BCUT2D eigenvalue weighted by Gasteiger charge is -2.20. The van der Waals surface area contributed by atoms with Gasteiger partial charge in [0.15, 0.2) is 0 Å². The SMILES string of the molecule is CC(C)(C)c1ccc2c(c1)n1c3ccccc3nc1n1c3ccccc3nc21. The molecular weight excluding hydrogens is 344 g/mol. The minimum Gasteiger partial charge on any atom is -0.277 e. The molecule has 0 aliphatic carbocycles. The monoisotopic (exact) mass is 364 g/mol. The van der Waals surface area contributed by atoms with E-state index in [1.165, 1.54) is 5.56 Å². The highest BCUT2D eigenvalue weighted by Crippen LogP contribution is 2.32. The maximum atomic E-state index is 4.99. The molecule has 0 amide bonds. The Bertz CT molecular complexity index is 1540. The number of benzene rings is 3. The summed E-state index contributed by atoms with van der Waals surface area (Å²) in [5.74, 6) is 0.906. The molecule has 6 aromatic rings. The van der Waals surface area contributed by atoms with E-state index in [1.807, 2.05) is 12.1 Å². The zero-order valence-corrected chi connectivity index (χ0v) is 16.1. The van der Waals surface area contributed by atoms with Gasteiger partial charge in [-0.25, -0.2) is 9.97 Å². The molecule has 0 radical (unpaired) electrons. The molecule has 3 aromatic heterocycles. The third-order valence-electron chi connectivity index (χ3n) is 5.65. The predicted octanol–water partition coefficient (Wildman–Crippen LogP) is 5.74. The molecule has 0 saturated heterocycles. The van der Waals surface area contributed by atoms with Gasteiger partial charge < -0.3 is 0 Å². The number of hydrogen-bond donors (Lipinski definition) is 0.